The van der Waals surface area contributed by atoms with Crippen molar-refractivity contribution in [2.24, 2.45) is 0 Å². The van der Waals surface area contributed by atoms with Gasteiger partial charge in [-0.15, -0.1) is 0 Å². The highest BCUT2D eigenvalue weighted by Gasteiger charge is 2.45. The fourth-order valence-corrected chi connectivity index (χ4v) is 16.8. The number of hydrogen-bond donors (Lipinski definition) is 0. The zero-order valence-electron chi connectivity index (χ0n) is 53.4. The molecular weight excluding hydrogens is 1210 g/mol. The molecule has 0 amide bonds. The number of fused-ring (bicyclic) bond motifs is 8. The normalized spacial score (nSPS) is 14.1. The van der Waals surface area contributed by atoms with E-state index < -0.39 is 0 Å². The fourth-order valence-electron chi connectivity index (χ4n) is 15.6. The minimum absolute atomic E-state index is 0.139. The molecule has 0 saturated heterocycles. The van der Waals surface area contributed by atoms with Gasteiger partial charge in [0.25, 0.3) is 0 Å². The second kappa shape index (κ2) is 23.8. The molecule has 0 spiro atoms. The van der Waals surface area contributed by atoms with E-state index in [4.69, 9.17) is 4.74 Å². The first-order valence-corrected chi connectivity index (χ1v) is 34.4. The van der Waals surface area contributed by atoms with Crippen molar-refractivity contribution in [1.82, 2.24) is 0 Å². The van der Waals surface area contributed by atoms with Crippen LogP contribution < -0.4 is 24.3 Å². The smallest absolute Gasteiger partial charge is 0.135 e. The van der Waals surface area contributed by atoms with Gasteiger partial charge >= 0.3 is 0 Å². The third kappa shape index (κ3) is 9.63. The predicted octanol–water partition coefficient (Wildman–Crippen LogP) is 25.8. The molecule has 462 valence electrons. The zero-order chi connectivity index (χ0) is 64.6. The van der Waals surface area contributed by atoms with E-state index in [9.17, 15) is 0 Å². The van der Waals surface area contributed by atoms with Gasteiger partial charge in [-0.1, -0.05) is 273 Å². The molecule has 0 N–H and O–H groups in total. The average Bonchev–Trinajstić information content (AvgIpc) is 0.693. The number of benzene rings is 15. The third-order valence-corrected chi connectivity index (χ3v) is 21.0. The molecule has 4 aliphatic rings. The third-order valence-electron chi connectivity index (χ3n) is 19.9. The van der Waals surface area contributed by atoms with Crippen molar-refractivity contribution in [1.29, 1.82) is 0 Å². The average molecular weight is 1270 g/mol. The lowest BCUT2D eigenvalue weighted by atomic mass is 9.74. The van der Waals surface area contributed by atoms with Crippen molar-refractivity contribution < 1.29 is 4.74 Å². The first-order chi connectivity index (χ1) is 48.6. The van der Waals surface area contributed by atoms with Crippen molar-refractivity contribution in [3.8, 4) is 56.0 Å². The molecule has 0 aromatic heterocycles. The molecule has 0 saturated carbocycles. The van der Waals surface area contributed by atoms with Gasteiger partial charge < -0.3 is 24.3 Å². The lowest BCUT2D eigenvalue weighted by Crippen LogP contribution is -2.28. The van der Waals surface area contributed by atoms with Crippen LogP contribution in [0.5, 0.6) is 11.5 Å². The van der Waals surface area contributed by atoms with Gasteiger partial charge in [0, 0.05) is 89.6 Å². The van der Waals surface area contributed by atoms with Crippen LogP contribution in [0.2, 0.25) is 0 Å². The summed E-state index contributed by atoms with van der Waals surface area (Å²) in [6, 6.07) is 134. The molecule has 5 nitrogen and oxygen atoms in total. The predicted molar refractivity (Wildman–Crippen MR) is 406 cm³/mol. The molecular formula is C92H62N4OS. The molecule has 0 bridgehead atoms. The van der Waals surface area contributed by atoms with E-state index in [0.717, 1.165) is 119 Å². The number of ether oxygens (including phenoxy) is 1. The molecule has 0 aliphatic carbocycles. The maximum absolute atomic E-state index is 7.42. The summed E-state index contributed by atoms with van der Waals surface area (Å²) in [5, 5.41) is 0. The molecule has 6 heteroatoms. The van der Waals surface area contributed by atoms with Gasteiger partial charge in [0.2, 0.25) is 0 Å². The topological polar surface area (TPSA) is 22.2 Å². The lowest BCUT2D eigenvalue weighted by Gasteiger charge is -2.45. The highest BCUT2D eigenvalue weighted by molar-refractivity contribution is 7.99. The second-order valence-electron chi connectivity index (χ2n) is 25.5. The van der Waals surface area contributed by atoms with E-state index in [1.54, 1.807) is 0 Å². The van der Waals surface area contributed by atoms with Crippen molar-refractivity contribution in [3.63, 3.8) is 0 Å². The lowest BCUT2D eigenvalue weighted by molar-refractivity contribution is 0.452. The molecule has 2 unspecified atom stereocenters. The number of anilines is 12. The highest BCUT2D eigenvalue weighted by Crippen LogP contribution is 2.66. The molecule has 0 fully saturated rings. The molecule has 15 aromatic carbocycles. The van der Waals surface area contributed by atoms with Crippen molar-refractivity contribution >= 4 is 80.0 Å². The minimum Gasteiger partial charge on any atom is -0.457 e. The van der Waals surface area contributed by atoms with Crippen LogP contribution in [-0.2, 0) is 0 Å². The summed E-state index contributed by atoms with van der Waals surface area (Å²) in [4.78, 5) is 12.4. The Hall–Kier alpha value is -12.4. The van der Waals surface area contributed by atoms with E-state index >= 15 is 0 Å². The van der Waals surface area contributed by atoms with Crippen molar-refractivity contribution in [2.45, 2.75) is 21.6 Å². The molecule has 98 heavy (non-hydrogen) atoms. The Bertz CT molecular complexity index is 5430. The second-order valence-corrected chi connectivity index (χ2v) is 26.6. The quantitative estimate of drug-likeness (QED) is 0.121. The summed E-state index contributed by atoms with van der Waals surface area (Å²) in [7, 11) is 0. The van der Waals surface area contributed by atoms with Crippen molar-refractivity contribution in [3.05, 3.63) is 397 Å². The van der Waals surface area contributed by atoms with E-state index in [-0.39, 0.29) is 11.8 Å². The van der Waals surface area contributed by atoms with Crippen LogP contribution in [-0.4, -0.2) is 0 Å². The van der Waals surface area contributed by atoms with Crippen LogP contribution >= 0.6 is 11.8 Å². The molecule has 2 atom stereocenters. The Balaban J connectivity index is 0.894. The molecule has 0 radical (unpaired) electrons. The van der Waals surface area contributed by atoms with Crippen molar-refractivity contribution in [2.75, 3.05) is 19.6 Å². The summed E-state index contributed by atoms with van der Waals surface area (Å²) in [5.74, 6) is 1.34. The minimum atomic E-state index is -0.206. The Kier molecular flexibility index (Phi) is 13.9. The maximum Gasteiger partial charge on any atom is 0.135 e. The van der Waals surface area contributed by atoms with E-state index in [0.29, 0.717) is 0 Å². The first kappa shape index (κ1) is 57.1. The molecule has 19 rings (SSSR count). The van der Waals surface area contributed by atoms with Crippen LogP contribution in [0.3, 0.4) is 0 Å². The van der Waals surface area contributed by atoms with E-state index in [1.807, 2.05) is 11.8 Å². The summed E-state index contributed by atoms with van der Waals surface area (Å²) in [5.41, 5.74) is 29.4. The summed E-state index contributed by atoms with van der Waals surface area (Å²) < 4.78 is 7.42. The molecule has 15 aromatic rings. The van der Waals surface area contributed by atoms with Crippen LogP contribution in [0.4, 0.5) is 68.2 Å². The number of rotatable bonds is 12. The summed E-state index contributed by atoms with van der Waals surface area (Å²) >= 11 is 1.90. The van der Waals surface area contributed by atoms with Gasteiger partial charge in [0.15, 0.2) is 0 Å². The Morgan fingerprint density at radius 3 is 1.37 bits per heavy atom. The van der Waals surface area contributed by atoms with E-state index in [2.05, 4.69) is 384 Å². The van der Waals surface area contributed by atoms with Crippen LogP contribution in [0.15, 0.2) is 374 Å². The number of para-hydroxylation sites is 6. The van der Waals surface area contributed by atoms with Crippen LogP contribution in [0.25, 0.3) is 44.5 Å². The SMILES string of the molecule is c1ccc(-c2ccc(N(c3cccc(-c4ccccc4)c3)c3cc4c5c(c3)N(c3ccccc3)c3ccccc3C5c3cc5c(cc3S4)N(c3c(-c4ccccc4)cccc3-c3ccccc3)c3cc(N(c4ccccc4)c4ccccc4)cc4c3C5c3ccccc3O4)cc2)cc1. The van der Waals surface area contributed by atoms with Gasteiger partial charge in [-0.3, -0.25) is 0 Å². The van der Waals surface area contributed by atoms with Gasteiger partial charge in [-0.25, -0.2) is 0 Å². The van der Waals surface area contributed by atoms with Crippen LogP contribution in [0.1, 0.15) is 45.2 Å². The van der Waals surface area contributed by atoms with Gasteiger partial charge in [0.05, 0.1) is 34.1 Å². The van der Waals surface area contributed by atoms with Gasteiger partial charge in [-0.05, 0) is 147 Å². The zero-order valence-corrected chi connectivity index (χ0v) is 54.2. The van der Waals surface area contributed by atoms with Gasteiger partial charge in [0.1, 0.15) is 11.5 Å². The highest BCUT2D eigenvalue weighted by atomic mass is 32.2. The summed E-state index contributed by atoms with van der Waals surface area (Å²) in [6.45, 7) is 0. The van der Waals surface area contributed by atoms with E-state index in [1.165, 1.54) is 48.7 Å². The molecule has 4 aliphatic heterocycles. The number of hydrogen-bond acceptors (Lipinski definition) is 6. The summed E-state index contributed by atoms with van der Waals surface area (Å²) in [6.07, 6.45) is 0. The largest absolute Gasteiger partial charge is 0.457 e. The fraction of sp³-hybridized carbons (Fsp3) is 0.0217. The first-order valence-electron chi connectivity index (χ1n) is 33.6. The van der Waals surface area contributed by atoms with Crippen LogP contribution in [0, 0.1) is 0 Å². The Morgan fingerprint density at radius 1 is 0.255 bits per heavy atom. The standard InChI is InChI=1S/C92H62N4OS/c1-8-28-61(29-9-1)63-50-52-70(53-51-63)94(71-43-26-36-66(54-71)62-30-10-2-11-31-62)73-56-83-91-87(58-73)98-86-60-81-78(59-79(86)88(91)76-44-22-24-48-80(76)95(83)69-41-20-7-21-42-69)89-77-45-23-25-49-84(77)97-85-57-72(93(67-37-16-5-17-38-67)68-39-18-6-19-40-68)55-82(90(85)89)96(81)92-74(64-32-12-3-13-33-64)46-27-47-75(92)65-34-14-4-15-35-65/h1-60,88-89H. The Labute approximate surface area is 575 Å². The van der Waals surface area contributed by atoms with Gasteiger partial charge in [-0.2, -0.15) is 0 Å². The molecule has 4 heterocycles. The Morgan fingerprint density at radius 2 is 0.724 bits per heavy atom. The maximum atomic E-state index is 7.42. The monoisotopic (exact) mass is 1270 g/mol. The number of nitrogens with zero attached hydrogens (tertiary/aromatic N) is 4.